The van der Waals surface area contributed by atoms with E-state index >= 15 is 0 Å². The zero-order valence-electron chi connectivity index (χ0n) is 15.9. The highest BCUT2D eigenvalue weighted by atomic mass is 32.2. The number of anilines is 1. The lowest BCUT2D eigenvalue weighted by Gasteiger charge is -2.12. The van der Waals surface area contributed by atoms with Crippen LogP contribution in [-0.2, 0) is 9.59 Å². The molecule has 1 aromatic carbocycles. The first-order valence-electron chi connectivity index (χ1n) is 8.64. The molecule has 1 aromatic heterocycles. The smallest absolute Gasteiger partial charge is 0.237 e. The normalized spacial score (nSPS) is 12.7. The summed E-state index contributed by atoms with van der Waals surface area (Å²) >= 11 is 2.40. The molecule has 1 heterocycles. The van der Waals surface area contributed by atoms with Gasteiger partial charge in [-0.2, -0.15) is 0 Å². The molecule has 7 nitrogen and oxygen atoms in total. The number of hydrogen-bond acceptors (Lipinski definition) is 7. The van der Waals surface area contributed by atoms with Gasteiger partial charge >= 0.3 is 0 Å². The largest absolute Gasteiger partial charge is 0.405 e. The summed E-state index contributed by atoms with van der Waals surface area (Å²) in [6.45, 7) is 5.99. The van der Waals surface area contributed by atoms with Gasteiger partial charge in [0.2, 0.25) is 17.5 Å². The molecule has 2 rings (SSSR count). The van der Waals surface area contributed by atoms with Crippen molar-refractivity contribution in [2.24, 2.45) is 5.73 Å². The van der Waals surface area contributed by atoms with Crippen molar-refractivity contribution in [2.75, 3.05) is 5.32 Å². The van der Waals surface area contributed by atoms with Gasteiger partial charge in [-0.25, -0.2) is 4.57 Å². The second kappa shape index (κ2) is 10.7. The van der Waals surface area contributed by atoms with Crippen molar-refractivity contribution in [3.05, 3.63) is 53.6 Å². The molecule has 1 atom stereocenters. The van der Waals surface area contributed by atoms with Crippen molar-refractivity contribution in [3.63, 3.8) is 0 Å². The fourth-order valence-electron chi connectivity index (χ4n) is 2.13. The van der Waals surface area contributed by atoms with Gasteiger partial charge in [0.05, 0.1) is 5.25 Å². The molecule has 0 aliphatic heterocycles. The molecule has 28 heavy (non-hydrogen) atoms. The first-order chi connectivity index (χ1) is 13.5. The highest BCUT2D eigenvalue weighted by Gasteiger charge is 2.20. The highest BCUT2D eigenvalue weighted by Crippen LogP contribution is 2.26. The zero-order valence-corrected chi connectivity index (χ0v) is 17.5. The molecule has 1 amide bonds. The number of nitrogens with two attached hydrogens (primary N) is 1. The van der Waals surface area contributed by atoms with Gasteiger partial charge in [-0.1, -0.05) is 55.6 Å². The van der Waals surface area contributed by atoms with E-state index in [2.05, 4.69) is 29.4 Å². The average molecular weight is 418 g/mol. The summed E-state index contributed by atoms with van der Waals surface area (Å²) in [6.07, 6.45) is 5.42. The van der Waals surface area contributed by atoms with Crippen molar-refractivity contribution < 1.29 is 9.59 Å². The molecule has 0 saturated carbocycles. The van der Waals surface area contributed by atoms with E-state index in [1.165, 1.54) is 39.9 Å². The van der Waals surface area contributed by atoms with E-state index in [9.17, 15) is 9.59 Å². The Bertz CT molecular complexity index is 860. The molecule has 0 spiro atoms. The average Bonchev–Trinajstić information content (AvgIpc) is 3.07. The number of carbonyl (C=O) groups is 2. The molecule has 0 radical (unpaired) electrons. The number of allylic oxidation sites excluding steroid dienone is 2. The van der Waals surface area contributed by atoms with Gasteiger partial charge in [-0.05, 0) is 48.2 Å². The van der Waals surface area contributed by atoms with Gasteiger partial charge in [0.1, 0.15) is 0 Å². The van der Waals surface area contributed by atoms with Crippen molar-refractivity contribution in [2.45, 2.75) is 42.3 Å². The topological polar surface area (TPSA) is 103 Å². The molecule has 0 aliphatic carbocycles. The van der Waals surface area contributed by atoms with E-state index in [1.807, 2.05) is 24.3 Å². The monoisotopic (exact) mass is 417 g/mol. The van der Waals surface area contributed by atoms with Crippen LogP contribution in [0.4, 0.5) is 5.69 Å². The maximum Gasteiger partial charge on any atom is 0.237 e. The fraction of sp³-hybridized carbons (Fsp3) is 0.263. The van der Waals surface area contributed by atoms with Gasteiger partial charge < -0.3 is 11.1 Å². The van der Waals surface area contributed by atoms with E-state index in [0.717, 1.165) is 5.69 Å². The predicted molar refractivity (Wildman–Crippen MR) is 115 cm³/mol. The Balaban J connectivity index is 2.01. The maximum atomic E-state index is 12.5. The standard InChI is InChI=1S/C19H23N5O2S2/c1-13(2)15-6-8-16(9-7-15)21-17(26)14(3)28-19-23-22-18(24(19)12-25)27-11-5-4-10-20/h4-14H,20H2,1-3H3,(H,21,26)/b10-4-,11-5-. The Morgan fingerprint density at radius 2 is 1.82 bits per heavy atom. The second-order valence-corrected chi connectivity index (χ2v) is 8.28. The van der Waals surface area contributed by atoms with E-state index in [1.54, 1.807) is 24.5 Å². The van der Waals surface area contributed by atoms with Gasteiger partial charge in [0.25, 0.3) is 0 Å². The maximum absolute atomic E-state index is 12.5. The van der Waals surface area contributed by atoms with Crippen molar-refractivity contribution in [3.8, 4) is 0 Å². The first kappa shape index (κ1) is 21.8. The third kappa shape index (κ3) is 6.00. The quantitative estimate of drug-likeness (QED) is 0.365. The number of amides is 1. The minimum absolute atomic E-state index is 0.176. The van der Waals surface area contributed by atoms with Crippen LogP contribution in [0, 0.1) is 0 Å². The minimum Gasteiger partial charge on any atom is -0.405 e. The third-order valence-electron chi connectivity index (χ3n) is 3.71. The van der Waals surface area contributed by atoms with Gasteiger partial charge in [-0.15, -0.1) is 10.2 Å². The molecular formula is C19H23N5O2S2. The molecule has 1 unspecified atom stereocenters. The van der Waals surface area contributed by atoms with Crippen LogP contribution in [0.5, 0.6) is 0 Å². The molecule has 0 aliphatic rings. The third-order valence-corrected chi connectivity index (χ3v) is 5.55. The first-order valence-corrected chi connectivity index (χ1v) is 10.4. The molecule has 0 fully saturated rings. The lowest BCUT2D eigenvalue weighted by molar-refractivity contribution is -0.115. The Labute approximate surface area is 172 Å². The zero-order chi connectivity index (χ0) is 20.5. The minimum atomic E-state index is -0.457. The van der Waals surface area contributed by atoms with Crippen molar-refractivity contribution >= 4 is 41.5 Å². The summed E-state index contributed by atoms with van der Waals surface area (Å²) < 4.78 is 1.31. The van der Waals surface area contributed by atoms with Crippen LogP contribution >= 0.6 is 23.5 Å². The van der Waals surface area contributed by atoms with Crippen LogP contribution in [0.3, 0.4) is 0 Å². The molecule has 9 heteroatoms. The Hall–Kier alpha value is -2.52. The van der Waals surface area contributed by atoms with Crippen LogP contribution in [0.1, 0.15) is 32.3 Å². The Morgan fingerprint density at radius 3 is 2.43 bits per heavy atom. The SMILES string of the molecule is CC(Sc1nnc(S/C=C\C=C/N)n1C=O)C(=O)Nc1ccc(C(C)C)cc1. The van der Waals surface area contributed by atoms with E-state index < -0.39 is 5.25 Å². The Kier molecular flexibility index (Phi) is 8.34. The van der Waals surface area contributed by atoms with Crippen molar-refractivity contribution in [1.82, 2.24) is 14.8 Å². The van der Waals surface area contributed by atoms with Crippen LogP contribution < -0.4 is 11.1 Å². The highest BCUT2D eigenvalue weighted by molar-refractivity contribution is 8.02. The van der Waals surface area contributed by atoms with Gasteiger partial charge in [-0.3, -0.25) is 9.59 Å². The summed E-state index contributed by atoms with van der Waals surface area (Å²) in [7, 11) is 0. The van der Waals surface area contributed by atoms with Crippen LogP contribution in [0.2, 0.25) is 0 Å². The predicted octanol–water partition coefficient (Wildman–Crippen LogP) is 3.64. The molecule has 0 saturated heterocycles. The summed E-state index contributed by atoms with van der Waals surface area (Å²) in [5.74, 6) is 0.257. The van der Waals surface area contributed by atoms with Crippen molar-refractivity contribution in [1.29, 1.82) is 0 Å². The lowest BCUT2D eigenvalue weighted by atomic mass is 10.0. The van der Waals surface area contributed by atoms with E-state index in [0.29, 0.717) is 22.6 Å². The number of rotatable bonds is 9. The summed E-state index contributed by atoms with van der Waals surface area (Å²) in [5, 5.41) is 12.9. The number of nitrogens with one attached hydrogen (secondary N) is 1. The number of aromatic nitrogens is 3. The molecule has 0 bridgehead atoms. The van der Waals surface area contributed by atoms with Crippen LogP contribution in [0.25, 0.3) is 0 Å². The fourth-order valence-corrected chi connectivity index (χ4v) is 3.62. The molecule has 2 aromatic rings. The van der Waals surface area contributed by atoms with Gasteiger partial charge in [0, 0.05) is 5.69 Å². The van der Waals surface area contributed by atoms with E-state index in [-0.39, 0.29) is 5.91 Å². The number of carbonyl (C=O) groups excluding carboxylic acids is 2. The summed E-state index contributed by atoms with van der Waals surface area (Å²) in [4.78, 5) is 23.9. The number of thioether (sulfide) groups is 2. The Morgan fingerprint density at radius 1 is 1.14 bits per heavy atom. The number of nitrogens with zero attached hydrogens (tertiary/aromatic N) is 3. The van der Waals surface area contributed by atoms with Crippen LogP contribution in [-0.4, -0.2) is 32.3 Å². The van der Waals surface area contributed by atoms with Gasteiger partial charge in [0.15, 0.2) is 5.16 Å². The molecule has 3 N–H and O–H groups in total. The van der Waals surface area contributed by atoms with E-state index in [4.69, 9.17) is 5.73 Å². The van der Waals surface area contributed by atoms with Crippen LogP contribution in [0.15, 0.2) is 58.3 Å². The summed E-state index contributed by atoms with van der Waals surface area (Å²) in [5.41, 5.74) is 7.19. The molecular weight excluding hydrogens is 394 g/mol. The molecule has 148 valence electrons. The number of hydrogen-bond donors (Lipinski definition) is 2. The summed E-state index contributed by atoms with van der Waals surface area (Å²) in [6, 6.07) is 7.76. The lowest BCUT2D eigenvalue weighted by Crippen LogP contribution is -2.23. The number of benzene rings is 1. The second-order valence-electron chi connectivity index (χ2n) is 6.10.